The number of aryl methyl sites for hydroxylation is 4. The Morgan fingerprint density at radius 3 is 1.64 bits per heavy atom. The number of cyclic esters (lactones) is 2. The topological polar surface area (TPSA) is 162 Å². The summed E-state index contributed by atoms with van der Waals surface area (Å²) in [5.41, 5.74) is 7.47. The van der Waals surface area contributed by atoms with Crippen LogP contribution in [-0.4, -0.2) is 96.2 Å². The molecule has 4 aromatic rings. The number of benzene rings is 2. The van der Waals surface area contributed by atoms with Crippen LogP contribution in [-0.2, 0) is 47.3 Å². The summed E-state index contributed by atoms with van der Waals surface area (Å²) in [7, 11) is 3.85. The fraction of sp³-hybridized carbons (Fsp3) is 0.500. The number of fused-ring (bicyclic) bond motifs is 8. The third kappa shape index (κ3) is 9.71. The largest absolute Gasteiger partial charge is 0.458 e. The number of esters is 2. The molecule has 1 unspecified atom stereocenters. The number of hydrogen-bond acceptors (Lipinski definition) is 12. The van der Waals surface area contributed by atoms with E-state index < -0.39 is 48.1 Å². The summed E-state index contributed by atoms with van der Waals surface area (Å²) in [6, 6.07) is 3.93. The molecule has 0 saturated carbocycles. The molecule has 2 fully saturated rings. The molecule has 64 heavy (non-hydrogen) atoms. The minimum Gasteiger partial charge on any atom is -0.458 e. The van der Waals surface area contributed by atoms with Crippen molar-refractivity contribution >= 4 is 51.9 Å². The molecule has 4 aliphatic rings. The SMILES string of the molecule is Cc1cc2c(ncn2C)c2c1C(=O)O[C@@H](C)[C@H](C)/C=C\C(=O)[C@H]1OC(C)(C)O[C@H]1CC=C2.Cc1cc2c(ncn2C)c2c1C(=O)O[C@@H](C)[C@H](C)/C=C\C(O)[C@H]1OC(C)(C)O[C@H]1CC=C2. The molecule has 0 spiro atoms. The van der Waals surface area contributed by atoms with Crippen LogP contribution in [0.5, 0.6) is 0 Å². The van der Waals surface area contributed by atoms with E-state index in [4.69, 9.17) is 28.4 Å². The molecule has 0 amide bonds. The number of aliphatic hydroxyl groups excluding tert-OH is 1. The van der Waals surface area contributed by atoms with Crippen LogP contribution in [0, 0.1) is 25.7 Å². The zero-order valence-electron chi connectivity index (χ0n) is 38.9. The first kappa shape index (κ1) is 46.7. The van der Waals surface area contributed by atoms with Crippen LogP contribution in [0.1, 0.15) is 111 Å². The van der Waals surface area contributed by atoms with Crippen molar-refractivity contribution in [3.05, 3.63) is 94.6 Å². The van der Waals surface area contributed by atoms with Gasteiger partial charge in [0.15, 0.2) is 17.4 Å². The second kappa shape index (κ2) is 18.3. The summed E-state index contributed by atoms with van der Waals surface area (Å²) in [6.45, 7) is 18.7. The molecule has 14 heteroatoms. The molecular formula is C50H62N4O10. The number of imidazole rings is 2. The van der Waals surface area contributed by atoms with Gasteiger partial charge in [-0.15, -0.1) is 0 Å². The minimum atomic E-state index is -0.846. The van der Waals surface area contributed by atoms with Gasteiger partial charge >= 0.3 is 11.9 Å². The van der Waals surface area contributed by atoms with E-state index in [9.17, 15) is 19.5 Å². The lowest BCUT2D eigenvalue weighted by molar-refractivity contribution is -0.152. The summed E-state index contributed by atoms with van der Waals surface area (Å²) >= 11 is 0. The molecule has 2 saturated heterocycles. The van der Waals surface area contributed by atoms with Crippen molar-refractivity contribution in [3.63, 3.8) is 0 Å². The van der Waals surface area contributed by atoms with Crippen LogP contribution in [0.3, 0.4) is 0 Å². The Hall–Kier alpha value is -5.25. The maximum Gasteiger partial charge on any atom is 0.339 e. The highest BCUT2D eigenvalue weighted by atomic mass is 16.8. The predicted octanol–water partition coefficient (Wildman–Crippen LogP) is 8.04. The average Bonchev–Trinajstić information content (AvgIpc) is 3.96. The Labute approximate surface area is 374 Å². The monoisotopic (exact) mass is 878 g/mol. The molecule has 6 heterocycles. The van der Waals surface area contributed by atoms with Gasteiger partial charge in [0.2, 0.25) is 0 Å². The quantitative estimate of drug-likeness (QED) is 0.134. The van der Waals surface area contributed by atoms with Crippen molar-refractivity contribution in [2.75, 3.05) is 0 Å². The molecule has 342 valence electrons. The van der Waals surface area contributed by atoms with Gasteiger partial charge in [0, 0.05) is 37.1 Å². The van der Waals surface area contributed by atoms with E-state index in [1.54, 1.807) is 24.8 Å². The molecule has 0 radical (unpaired) electrons. The summed E-state index contributed by atoms with van der Waals surface area (Å²) in [5.74, 6) is -2.81. The van der Waals surface area contributed by atoms with Gasteiger partial charge in [0.05, 0.1) is 58.1 Å². The number of aromatic nitrogens is 4. The molecule has 14 nitrogen and oxygen atoms in total. The zero-order chi connectivity index (χ0) is 46.4. The van der Waals surface area contributed by atoms with E-state index in [1.165, 1.54) is 6.08 Å². The number of ether oxygens (including phenoxy) is 6. The van der Waals surface area contributed by atoms with Crippen molar-refractivity contribution in [1.82, 2.24) is 19.1 Å². The molecule has 2 aromatic heterocycles. The Morgan fingerprint density at radius 2 is 1.11 bits per heavy atom. The summed E-state index contributed by atoms with van der Waals surface area (Å²) in [5, 5.41) is 10.8. The highest BCUT2D eigenvalue weighted by Crippen LogP contribution is 2.36. The van der Waals surface area contributed by atoms with Gasteiger partial charge < -0.3 is 42.7 Å². The Balaban J connectivity index is 0.000000191. The Kier molecular flexibility index (Phi) is 13.4. The summed E-state index contributed by atoms with van der Waals surface area (Å²) in [6.07, 6.45) is 15.4. The first-order chi connectivity index (χ1) is 30.1. The Morgan fingerprint density at radius 1 is 0.641 bits per heavy atom. The van der Waals surface area contributed by atoms with Crippen molar-refractivity contribution in [3.8, 4) is 0 Å². The second-order valence-electron chi connectivity index (χ2n) is 18.5. The lowest BCUT2D eigenvalue weighted by Crippen LogP contribution is -2.34. The zero-order valence-corrected chi connectivity index (χ0v) is 38.9. The first-order valence-electron chi connectivity index (χ1n) is 22.1. The van der Waals surface area contributed by atoms with Gasteiger partial charge in [-0.2, -0.15) is 0 Å². The van der Waals surface area contributed by atoms with Crippen LogP contribution < -0.4 is 0 Å². The number of rotatable bonds is 0. The van der Waals surface area contributed by atoms with Crippen molar-refractivity contribution < 1.29 is 47.9 Å². The lowest BCUT2D eigenvalue weighted by Gasteiger charge is -2.22. The highest BCUT2D eigenvalue weighted by Gasteiger charge is 2.45. The van der Waals surface area contributed by atoms with Gasteiger partial charge in [-0.1, -0.05) is 56.4 Å². The smallest absolute Gasteiger partial charge is 0.339 e. The third-order valence-electron chi connectivity index (χ3n) is 12.5. The van der Waals surface area contributed by atoms with Gasteiger partial charge in [-0.05, 0) is 97.6 Å². The number of aliphatic hydroxyl groups is 1. The molecule has 9 atom stereocenters. The van der Waals surface area contributed by atoms with Crippen LogP contribution >= 0.6 is 0 Å². The lowest BCUT2D eigenvalue weighted by atomic mass is 9.97. The summed E-state index contributed by atoms with van der Waals surface area (Å²) in [4.78, 5) is 48.4. The maximum absolute atomic E-state index is 13.2. The van der Waals surface area contributed by atoms with E-state index in [0.717, 1.165) is 38.8 Å². The van der Waals surface area contributed by atoms with E-state index in [2.05, 4.69) is 9.97 Å². The van der Waals surface area contributed by atoms with Gasteiger partial charge in [-0.25, -0.2) is 19.6 Å². The van der Waals surface area contributed by atoms with Crippen molar-refractivity contribution in [2.24, 2.45) is 25.9 Å². The standard InChI is InChI=1S/C25H32N2O5.C25H30N2O5/c2*1-14-10-11-19(28)23-20(31-25(4,5)32-23)9-7-8-17-21(24(29)30-16(14)3)15(2)12-18-22(17)26-13-27(18)6/h7-8,10-14,16,19-20,23,28H,9H2,1-6H3;7-8,10-14,16,20,23H,9H2,1-6H3/b2*8-7?,11-10-/t14-,16+,19?,20+,23-;14-,16+,20+,23-/m11/s1. The van der Waals surface area contributed by atoms with Gasteiger partial charge in [0.25, 0.3) is 0 Å². The van der Waals surface area contributed by atoms with Gasteiger partial charge in [0.1, 0.15) is 30.5 Å². The van der Waals surface area contributed by atoms with E-state index in [0.29, 0.717) is 29.5 Å². The predicted molar refractivity (Wildman–Crippen MR) is 243 cm³/mol. The van der Waals surface area contributed by atoms with Crippen LogP contribution in [0.25, 0.3) is 34.2 Å². The van der Waals surface area contributed by atoms with Crippen molar-refractivity contribution in [1.29, 1.82) is 0 Å². The van der Waals surface area contributed by atoms with Crippen LogP contribution in [0.2, 0.25) is 0 Å². The average molecular weight is 879 g/mol. The third-order valence-corrected chi connectivity index (χ3v) is 12.5. The molecular weight excluding hydrogens is 817 g/mol. The molecule has 0 aliphatic carbocycles. The fourth-order valence-corrected chi connectivity index (χ4v) is 8.66. The number of ketones is 1. The van der Waals surface area contributed by atoms with Crippen LogP contribution in [0.4, 0.5) is 0 Å². The molecule has 2 aromatic carbocycles. The highest BCUT2D eigenvalue weighted by molar-refractivity contribution is 6.03. The Bertz CT molecular complexity index is 2560. The van der Waals surface area contributed by atoms with Gasteiger partial charge in [-0.3, -0.25) is 4.79 Å². The maximum atomic E-state index is 13.2. The van der Waals surface area contributed by atoms with E-state index >= 15 is 0 Å². The normalized spacial score (nSPS) is 30.5. The van der Waals surface area contributed by atoms with Crippen LogP contribution in [0.15, 0.2) is 61.2 Å². The number of carbonyl (C=O) groups is 3. The minimum absolute atomic E-state index is 0.0943. The fourth-order valence-electron chi connectivity index (χ4n) is 8.66. The van der Waals surface area contributed by atoms with E-state index in [-0.39, 0.29) is 35.8 Å². The molecule has 0 bridgehead atoms. The number of nitrogens with zero attached hydrogens (tertiary/aromatic N) is 4. The molecule has 4 aliphatic heterocycles. The van der Waals surface area contributed by atoms with Crippen molar-refractivity contribution in [2.45, 2.75) is 136 Å². The molecule has 8 rings (SSSR count). The van der Waals surface area contributed by atoms with E-state index in [1.807, 2.05) is 135 Å². The summed E-state index contributed by atoms with van der Waals surface area (Å²) < 4.78 is 39.5. The number of carbonyl (C=O) groups excluding carboxylic acids is 3. The first-order valence-corrected chi connectivity index (χ1v) is 22.1. The molecule has 1 N–H and O–H groups in total. The number of hydrogen-bond donors (Lipinski definition) is 1. The second-order valence-corrected chi connectivity index (χ2v) is 18.5.